The highest BCUT2D eigenvalue weighted by Crippen LogP contribution is 2.17. The first-order valence-electron chi connectivity index (χ1n) is 5.52. The summed E-state index contributed by atoms with van der Waals surface area (Å²) in [5.41, 5.74) is 6.38. The average molecular weight is 302 g/mol. The summed E-state index contributed by atoms with van der Waals surface area (Å²) in [7, 11) is 0. The van der Waals surface area contributed by atoms with Crippen molar-refractivity contribution in [3.63, 3.8) is 0 Å². The molecule has 0 radical (unpaired) electrons. The maximum Gasteiger partial charge on any atom is 0.137 e. The Morgan fingerprint density at radius 3 is 2.76 bits per heavy atom. The zero-order valence-corrected chi connectivity index (χ0v) is 11.4. The van der Waals surface area contributed by atoms with Crippen molar-refractivity contribution in [2.75, 3.05) is 13.1 Å². The van der Waals surface area contributed by atoms with Gasteiger partial charge in [-0.3, -0.25) is 10.3 Å². The molecule has 94 valence electrons. The van der Waals surface area contributed by atoms with Gasteiger partial charge in [-0.25, -0.2) is 4.39 Å². The maximum absolute atomic E-state index is 13.1. The Balaban J connectivity index is 2.60. The van der Waals surface area contributed by atoms with Gasteiger partial charge in [0.05, 0.1) is 10.3 Å². The van der Waals surface area contributed by atoms with Gasteiger partial charge in [-0.1, -0.05) is 13.0 Å². The molecule has 17 heavy (non-hydrogen) atoms. The van der Waals surface area contributed by atoms with Crippen molar-refractivity contribution < 1.29 is 4.39 Å². The van der Waals surface area contributed by atoms with E-state index < -0.39 is 0 Å². The molecular weight excluding hydrogens is 285 g/mol. The van der Waals surface area contributed by atoms with Crippen LogP contribution in [0.25, 0.3) is 0 Å². The van der Waals surface area contributed by atoms with Crippen LogP contribution in [0.15, 0.2) is 22.7 Å². The second-order valence-electron chi connectivity index (χ2n) is 3.89. The van der Waals surface area contributed by atoms with Crippen molar-refractivity contribution in [2.24, 2.45) is 5.73 Å². The van der Waals surface area contributed by atoms with Gasteiger partial charge in [-0.05, 0) is 40.2 Å². The second-order valence-corrected chi connectivity index (χ2v) is 4.75. The Hall–Kier alpha value is -0.940. The normalized spacial score (nSPS) is 10.8. The molecule has 0 aliphatic carbocycles. The molecule has 5 heteroatoms. The Labute approximate surface area is 109 Å². The average Bonchev–Trinajstić information content (AvgIpc) is 2.28. The summed E-state index contributed by atoms with van der Waals surface area (Å²) in [5, 5.41) is 7.20. The minimum Gasteiger partial charge on any atom is -0.388 e. The zero-order valence-electron chi connectivity index (χ0n) is 9.84. The number of hydrogen-bond donors (Lipinski definition) is 2. The second kappa shape index (κ2) is 6.71. The van der Waals surface area contributed by atoms with Crippen LogP contribution in [0.1, 0.15) is 18.9 Å². The van der Waals surface area contributed by atoms with Crippen LogP contribution in [0.4, 0.5) is 4.39 Å². The molecule has 0 heterocycles. The van der Waals surface area contributed by atoms with Crippen molar-refractivity contribution in [3.8, 4) is 0 Å². The number of benzene rings is 1. The summed E-state index contributed by atoms with van der Waals surface area (Å²) in [6.07, 6.45) is 0.566. The summed E-state index contributed by atoms with van der Waals surface area (Å²) in [6, 6.07) is 5.01. The Kier molecular flexibility index (Phi) is 5.58. The fourth-order valence-electron chi connectivity index (χ4n) is 1.52. The first-order chi connectivity index (χ1) is 8.02. The van der Waals surface area contributed by atoms with E-state index in [1.54, 1.807) is 12.1 Å². The van der Waals surface area contributed by atoms with E-state index in [2.05, 4.69) is 27.8 Å². The van der Waals surface area contributed by atoms with Crippen LogP contribution in [0, 0.1) is 11.2 Å². The van der Waals surface area contributed by atoms with Crippen LogP contribution in [0.5, 0.6) is 0 Å². The van der Waals surface area contributed by atoms with Crippen LogP contribution in [0.3, 0.4) is 0 Å². The lowest BCUT2D eigenvalue weighted by molar-refractivity contribution is 0.288. The van der Waals surface area contributed by atoms with Crippen molar-refractivity contribution in [1.82, 2.24) is 4.90 Å². The topological polar surface area (TPSA) is 53.1 Å². The summed E-state index contributed by atoms with van der Waals surface area (Å²) in [5.74, 6) is -0.0516. The highest BCUT2D eigenvalue weighted by molar-refractivity contribution is 9.10. The molecule has 3 nitrogen and oxygen atoms in total. The molecule has 0 atom stereocenters. The molecule has 1 rings (SSSR count). The van der Waals surface area contributed by atoms with Crippen molar-refractivity contribution in [3.05, 3.63) is 34.1 Å². The van der Waals surface area contributed by atoms with Gasteiger partial charge in [-0.2, -0.15) is 0 Å². The number of rotatable bonds is 6. The maximum atomic E-state index is 13.1. The molecule has 0 bridgehead atoms. The van der Waals surface area contributed by atoms with E-state index in [1.165, 1.54) is 6.07 Å². The summed E-state index contributed by atoms with van der Waals surface area (Å²) >= 11 is 3.17. The number of halogens is 2. The third kappa shape index (κ3) is 4.83. The lowest BCUT2D eigenvalue weighted by Gasteiger charge is -2.20. The summed E-state index contributed by atoms with van der Waals surface area (Å²) in [4.78, 5) is 2.17. The van der Waals surface area contributed by atoms with Crippen molar-refractivity contribution in [1.29, 1.82) is 5.41 Å². The van der Waals surface area contributed by atoms with Gasteiger partial charge in [0, 0.05) is 19.5 Å². The molecule has 1 aromatic rings. The smallest absolute Gasteiger partial charge is 0.137 e. The molecule has 0 spiro atoms. The fraction of sp³-hybridized carbons (Fsp3) is 0.417. The Bertz CT molecular complexity index is 395. The highest BCUT2D eigenvalue weighted by Gasteiger charge is 2.06. The molecule has 3 N–H and O–H groups in total. The van der Waals surface area contributed by atoms with Gasteiger partial charge in [0.1, 0.15) is 5.82 Å². The van der Waals surface area contributed by atoms with Gasteiger partial charge in [0.15, 0.2) is 0 Å². The SMILES string of the molecule is CCN(CCC(=N)N)Cc1ccc(F)c(Br)c1. The molecule has 0 amide bonds. The highest BCUT2D eigenvalue weighted by atomic mass is 79.9. The first kappa shape index (κ1) is 14.1. The third-order valence-electron chi connectivity index (χ3n) is 2.53. The number of nitrogens with zero attached hydrogens (tertiary/aromatic N) is 1. The molecule has 0 fully saturated rings. The van der Waals surface area contributed by atoms with Crippen molar-refractivity contribution >= 4 is 21.8 Å². The molecule has 0 unspecified atom stereocenters. The van der Waals surface area contributed by atoms with Crippen LogP contribution in [-0.4, -0.2) is 23.8 Å². The molecule has 0 aliphatic heterocycles. The molecule has 0 aliphatic rings. The van der Waals surface area contributed by atoms with E-state index in [0.29, 0.717) is 10.9 Å². The minimum atomic E-state index is -0.250. The van der Waals surface area contributed by atoms with Gasteiger partial charge in [-0.15, -0.1) is 0 Å². The summed E-state index contributed by atoms with van der Waals surface area (Å²) in [6.45, 7) is 4.42. The largest absolute Gasteiger partial charge is 0.388 e. The molecule has 0 aromatic heterocycles. The Morgan fingerprint density at radius 2 is 2.24 bits per heavy atom. The number of amidine groups is 1. The van der Waals surface area contributed by atoms with Gasteiger partial charge < -0.3 is 5.73 Å². The zero-order chi connectivity index (χ0) is 12.8. The minimum absolute atomic E-state index is 0.198. The van der Waals surface area contributed by atoms with Gasteiger partial charge >= 0.3 is 0 Å². The van der Waals surface area contributed by atoms with E-state index in [-0.39, 0.29) is 11.7 Å². The van der Waals surface area contributed by atoms with Gasteiger partial charge in [0.2, 0.25) is 0 Å². The van der Waals surface area contributed by atoms with Gasteiger partial charge in [0.25, 0.3) is 0 Å². The first-order valence-corrected chi connectivity index (χ1v) is 6.31. The molecular formula is C12H17BrFN3. The lowest BCUT2D eigenvalue weighted by Crippen LogP contribution is -2.27. The molecule has 0 saturated heterocycles. The van der Waals surface area contributed by atoms with Crippen LogP contribution in [-0.2, 0) is 6.54 Å². The van der Waals surface area contributed by atoms with E-state index >= 15 is 0 Å². The van der Waals surface area contributed by atoms with E-state index in [0.717, 1.165) is 25.2 Å². The summed E-state index contributed by atoms with van der Waals surface area (Å²) < 4.78 is 13.6. The number of nitrogens with two attached hydrogens (primary N) is 1. The monoisotopic (exact) mass is 301 g/mol. The predicted octanol–water partition coefficient (Wildman–Crippen LogP) is 2.74. The molecule has 1 aromatic carbocycles. The lowest BCUT2D eigenvalue weighted by atomic mass is 10.2. The number of nitrogens with one attached hydrogen (secondary N) is 1. The van der Waals surface area contributed by atoms with Crippen LogP contribution < -0.4 is 5.73 Å². The van der Waals surface area contributed by atoms with Crippen molar-refractivity contribution in [2.45, 2.75) is 19.9 Å². The van der Waals surface area contributed by atoms with E-state index in [4.69, 9.17) is 11.1 Å². The molecule has 0 saturated carbocycles. The van der Waals surface area contributed by atoms with Crippen LogP contribution in [0.2, 0.25) is 0 Å². The van der Waals surface area contributed by atoms with Crippen LogP contribution >= 0.6 is 15.9 Å². The standard InChI is InChI=1S/C12H17BrFN3/c1-2-17(6-5-12(15)16)8-9-3-4-11(14)10(13)7-9/h3-4,7H,2,5-6,8H2,1H3,(H3,15,16). The third-order valence-corrected chi connectivity index (χ3v) is 3.14. The van der Waals surface area contributed by atoms with E-state index in [1.807, 2.05) is 0 Å². The number of hydrogen-bond acceptors (Lipinski definition) is 2. The Morgan fingerprint density at radius 1 is 1.53 bits per heavy atom. The quantitative estimate of drug-likeness (QED) is 0.627. The fourth-order valence-corrected chi connectivity index (χ4v) is 1.95. The predicted molar refractivity (Wildman–Crippen MR) is 71.6 cm³/mol. The van der Waals surface area contributed by atoms with E-state index in [9.17, 15) is 4.39 Å².